The van der Waals surface area contributed by atoms with Crippen molar-refractivity contribution in [3.63, 3.8) is 0 Å². The first-order chi connectivity index (χ1) is 12.1. The molecule has 2 rings (SSSR count). The minimum atomic E-state index is -0.529. The molecule has 0 saturated heterocycles. The Morgan fingerprint density at radius 2 is 1.68 bits per heavy atom. The molecule has 0 heterocycles. The quantitative estimate of drug-likeness (QED) is 0.772. The number of nitrogens with one attached hydrogen (secondary N) is 2. The van der Waals surface area contributed by atoms with E-state index in [1.807, 2.05) is 61.5 Å². The van der Waals surface area contributed by atoms with E-state index in [1.165, 1.54) is 0 Å². The molecule has 0 fully saturated rings. The third kappa shape index (κ3) is 4.97. The van der Waals surface area contributed by atoms with Crippen LogP contribution in [0.5, 0.6) is 5.75 Å². The first-order valence-corrected chi connectivity index (χ1v) is 8.39. The number of benzene rings is 2. The van der Waals surface area contributed by atoms with Gasteiger partial charge in [0.15, 0.2) is 0 Å². The van der Waals surface area contributed by atoms with Crippen molar-refractivity contribution in [1.82, 2.24) is 10.6 Å². The number of carbonyl (C=O) groups is 1. The Morgan fingerprint density at radius 1 is 1.00 bits per heavy atom. The second-order valence-corrected chi connectivity index (χ2v) is 5.80. The highest BCUT2D eigenvalue weighted by molar-refractivity contribution is 5.74. The molecule has 0 bridgehead atoms. The lowest BCUT2D eigenvalue weighted by Crippen LogP contribution is -2.45. The normalized spacial score (nSPS) is 12.9. The first-order valence-electron chi connectivity index (χ1n) is 8.39. The van der Waals surface area contributed by atoms with Crippen LogP contribution in [0.15, 0.2) is 54.6 Å². The number of ether oxygens (including phenoxy) is 2. The summed E-state index contributed by atoms with van der Waals surface area (Å²) in [6, 6.07) is 17.3. The van der Waals surface area contributed by atoms with E-state index in [0.717, 1.165) is 23.3 Å². The molecule has 0 aliphatic heterocycles. The summed E-state index contributed by atoms with van der Waals surface area (Å²) in [4.78, 5) is 12.1. The standard InChI is InChI=1S/C20H26N2O3/c1-4-20(25-3,17-8-6-5-7-9-17)15-22-19(23)21-14-16-10-12-18(24-2)13-11-16/h5-13H,4,14-15H2,1-3H3,(H2,21,22,23)/t20-/m0/s1. The Bertz CT molecular complexity index is 652. The number of hydrogen-bond acceptors (Lipinski definition) is 3. The van der Waals surface area contributed by atoms with Crippen LogP contribution in [0.3, 0.4) is 0 Å². The lowest BCUT2D eigenvalue weighted by Gasteiger charge is -2.32. The predicted molar refractivity (Wildman–Crippen MR) is 98.7 cm³/mol. The summed E-state index contributed by atoms with van der Waals surface area (Å²) in [6.07, 6.45) is 0.756. The topological polar surface area (TPSA) is 59.6 Å². The van der Waals surface area contributed by atoms with E-state index in [1.54, 1.807) is 14.2 Å². The van der Waals surface area contributed by atoms with Crippen LogP contribution in [-0.4, -0.2) is 26.8 Å². The maximum atomic E-state index is 12.1. The van der Waals surface area contributed by atoms with Crippen LogP contribution in [0.25, 0.3) is 0 Å². The summed E-state index contributed by atoms with van der Waals surface area (Å²) < 4.78 is 10.9. The molecule has 5 nitrogen and oxygen atoms in total. The number of methoxy groups -OCH3 is 2. The summed E-state index contributed by atoms with van der Waals surface area (Å²) >= 11 is 0. The van der Waals surface area contributed by atoms with Crippen molar-refractivity contribution in [3.05, 3.63) is 65.7 Å². The van der Waals surface area contributed by atoms with E-state index in [-0.39, 0.29) is 6.03 Å². The summed E-state index contributed by atoms with van der Waals surface area (Å²) in [5, 5.41) is 5.78. The van der Waals surface area contributed by atoms with Gasteiger partial charge < -0.3 is 20.1 Å². The average molecular weight is 342 g/mol. The summed E-state index contributed by atoms with van der Waals surface area (Å²) in [6.45, 7) is 2.90. The molecule has 2 aromatic carbocycles. The molecule has 5 heteroatoms. The maximum Gasteiger partial charge on any atom is 0.315 e. The molecule has 0 aliphatic carbocycles. The zero-order valence-corrected chi connectivity index (χ0v) is 15.0. The molecular weight excluding hydrogens is 316 g/mol. The number of urea groups is 1. The van der Waals surface area contributed by atoms with Crippen LogP contribution < -0.4 is 15.4 Å². The van der Waals surface area contributed by atoms with E-state index in [2.05, 4.69) is 10.6 Å². The van der Waals surface area contributed by atoms with E-state index < -0.39 is 5.60 Å². The fourth-order valence-corrected chi connectivity index (χ4v) is 2.72. The van der Waals surface area contributed by atoms with E-state index in [9.17, 15) is 4.79 Å². The van der Waals surface area contributed by atoms with Crippen LogP contribution in [-0.2, 0) is 16.9 Å². The molecule has 0 aromatic heterocycles. The Labute approximate surface area is 149 Å². The molecule has 25 heavy (non-hydrogen) atoms. The van der Waals surface area contributed by atoms with E-state index in [4.69, 9.17) is 9.47 Å². The Kier molecular flexibility index (Phi) is 6.83. The average Bonchev–Trinajstić information content (AvgIpc) is 2.69. The van der Waals surface area contributed by atoms with Gasteiger partial charge in [-0.1, -0.05) is 49.4 Å². The molecule has 2 N–H and O–H groups in total. The second-order valence-electron chi connectivity index (χ2n) is 5.80. The maximum absolute atomic E-state index is 12.1. The fourth-order valence-electron chi connectivity index (χ4n) is 2.72. The fraction of sp³-hybridized carbons (Fsp3) is 0.350. The SMILES string of the molecule is CC[C@@](CNC(=O)NCc1ccc(OC)cc1)(OC)c1ccccc1. The third-order valence-electron chi connectivity index (χ3n) is 4.41. The Morgan fingerprint density at radius 3 is 2.24 bits per heavy atom. The van der Waals surface area contributed by atoms with Crippen molar-refractivity contribution in [2.45, 2.75) is 25.5 Å². The van der Waals surface area contributed by atoms with Crippen molar-refractivity contribution < 1.29 is 14.3 Å². The number of amides is 2. The zero-order valence-electron chi connectivity index (χ0n) is 15.0. The highest BCUT2D eigenvalue weighted by Gasteiger charge is 2.30. The van der Waals surface area contributed by atoms with E-state index >= 15 is 0 Å². The van der Waals surface area contributed by atoms with Crippen molar-refractivity contribution >= 4 is 6.03 Å². The van der Waals surface area contributed by atoms with Gasteiger partial charge in [0.2, 0.25) is 0 Å². The summed E-state index contributed by atoms with van der Waals surface area (Å²) in [7, 11) is 3.30. The van der Waals surface area contributed by atoms with Crippen molar-refractivity contribution in [2.75, 3.05) is 20.8 Å². The highest BCUT2D eigenvalue weighted by Crippen LogP contribution is 2.27. The largest absolute Gasteiger partial charge is 0.497 e. The van der Waals surface area contributed by atoms with Gasteiger partial charge in [0.25, 0.3) is 0 Å². The van der Waals surface area contributed by atoms with Gasteiger partial charge >= 0.3 is 6.03 Å². The molecule has 1 atom stereocenters. The highest BCUT2D eigenvalue weighted by atomic mass is 16.5. The smallest absolute Gasteiger partial charge is 0.315 e. The molecular formula is C20H26N2O3. The third-order valence-corrected chi connectivity index (χ3v) is 4.41. The van der Waals surface area contributed by atoms with Gasteiger partial charge in [-0.25, -0.2) is 4.79 Å². The lowest BCUT2D eigenvalue weighted by molar-refractivity contribution is -0.0152. The number of carbonyl (C=O) groups excluding carboxylic acids is 1. The van der Waals surface area contributed by atoms with Gasteiger partial charge in [0.05, 0.1) is 13.7 Å². The molecule has 2 amide bonds. The summed E-state index contributed by atoms with van der Waals surface area (Å²) in [5.41, 5.74) is 1.53. The van der Waals surface area contributed by atoms with Crippen LogP contribution in [0.4, 0.5) is 4.79 Å². The van der Waals surface area contributed by atoms with Gasteiger partial charge in [-0.05, 0) is 29.7 Å². The molecule has 0 aliphatic rings. The van der Waals surface area contributed by atoms with Crippen LogP contribution in [0, 0.1) is 0 Å². The molecule has 0 radical (unpaired) electrons. The van der Waals surface area contributed by atoms with Gasteiger partial charge in [-0.15, -0.1) is 0 Å². The number of hydrogen-bond donors (Lipinski definition) is 2. The van der Waals surface area contributed by atoms with Crippen LogP contribution in [0.1, 0.15) is 24.5 Å². The van der Waals surface area contributed by atoms with Crippen LogP contribution in [0.2, 0.25) is 0 Å². The monoisotopic (exact) mass is 342 g/mol. The van der Waals surface area contributed by atoms with Crippen molar-refractivity contribution in [3.8, 4) is 5.75 Å². The van der Waals surface area contributed by atoms with Gasteiger partial charge in [0, 0.05) is 13.7 Å². The summed E-state index contributed by atoms with van der Waals surface area (Å²) in [5.74, 6) is 0.795. The first kappa shape index (κ1) is 18.8. The number of rotatable bonds is 8. The lowest BCUT2D eigenvalue weighted by atomic mass is 9.91. The molecule has 0 spiro atoms. The minimum Gasteiger partial charge on any atom is -0.497 e. The Balaban J connectivity index is 1.90. The molecule has 134 valence electrons. The predicted octanol–water partition coefficient (Wildman–Crippen LogP) is 3.45. The van der Waals surface area contributed by atoms with Gasteiger partial charge in [0.1, 0.15) is 11.4 Å². The molecule has 0 unspecified atom stereocenters. The second kappa shape index (κ2) is 9.08. The van der Waals surface area contributed by atoms with Crippen molar-refractivity contribution in [1.29, 1.82) is 0 Å². The zero-order chi connectivity index (χ0) is 18.1. The minimum absolute atomic E-state index is 0.221. The molecule has 2 aromatic rings. The Hall–Kier alpha value is -2.53. The van der Waals surface area contributed by atoms with Crippen LogP contribution >= 0.6 is 0 Å². The molecule has 0 saturated carbocycles. The van der Waals surface area contributed by atoms with Gasteiger partial charge in [-0.2, -0.15) is 0 Å². The van der Waals surface area contributed by atoms with E-state index in [0.29, 0.717) is 13.1 Å². The van der Waals surface area contributed by atoms with Crippen molar-refractivity contribution in [2.24, 2.45) is 0 Å². The van der Waals surface area contributed by atoms with Gasteiger partial charge in [-0.3, -0.25) is 0 Å².